The van der Waals surface area contributed by atoms with E-state index in [1.165, 1.54) is 39.0 Å². The third-order valence-electron chi connectivity index (χ3n) is 2.98. The van der Waals surface area contributed by atoms with Crippen LogP contribution in [0, 0.1) is 5.41 Å². The maximum atomic E-state index is 4.26. The lowest BCUT2D eigenvalue weighted by Crippen LogP contribution is -2.59. The molecule has 0 amide bonds. The lowest BCUT2D eigenvalue weighted by Gasteiger charge is -2.52. The number of piperidine rings is 1. The second kappa shape index (κ2) is 2.96. The predicted molar refractivity (Wildman–Crippen MR) is 50.0 cm³/mol. The third kappa shape index (κ3) is 1.42. The van der Waals surface area contributed by atoms with E-state index in [4.69, 9.17) is 0 Å². The van der Waals surface area contributed by atoms with Gasteiger partial charge in [-0.3, -0.25) is 4.90 Å². The van der Waals surface area contributed by atoms with Crippen molar-refractivity contribution in [2.24, 2.45) is 5.41 Å². The van der Waals surface area contributed by atoms with Crippen LogP contribution in [0.15, 0.2) is 0 Å². The molecule has 0 bridgehead atoms. The fraction of sp³-hybridized carbons (Fsp3) is 1.00. The first-order valence-corrected chi connectivity index (χ1v) is 5.02. The van der Waals surface area contributed by atoms with E-state index < -0.39 is 0 Å². The molecule has 3 heteroatoms. The number of hydrogen-bond acceptors (Lipinski definition) is 3. The molecule has 11 heavy (non-hydrogen) atoms. The Morgan fingerprint density at radius 1 is 1.27 bits per heavy atom. The van der Waals surface area contributed by atoms with Gasteiger partial charge in [-0.05, 0) is 31.3 Å². The summed E-state index contributed by atoms with van der Waals surface area (Å²) in [5, 5.41) is 3.40. The highest BCUT2D eigenvalue weighted by Gasteiger charge is 2.42. The lowest BCUT2D eigenvalue weighted by molar-refractivity contribution is -0.00812. The first-order valence-electron chi connectivity index (χ1n) is 4.39. The van der Waals surface area contributed by atoms with Crippen LogP contribution in [0.1, 0.15) is 12.8 Å². The van der Waals surface area contributed by atoms with Gasteiger partial charge in [-0.1, -0.05) is 0 Å². The van der Waals surface area contributed by atoms with Crippen LogP contribution in [0.2, 0.25) is 0 Å². The summed E-state index contributed by atoms with van der Waals surface area (Å²) < 4.78 is 0. The van der Waals surface area contributed by atoms with Crippen LogP contribution in [0.25, 0.3) is 0 Å². The molecule has 64 valence electrons. The number of hydrogen-bond donors (Lipinski definition) is 2. The summed E-state index contributed by atoms with van der Waals surface area (Å²) in [6, 6.07) is 0. The van der Waals surface area contributed by atoms with Crippen molar-refractivity contribution in [3.63, 3.8) is 0 Å². The zero-order valence-electron chi connectivity index (χ0n) is 6.84. The predicted octanol–water partition coefficient (Wildman–Crippen LogP) is 0.559. The van der Waals surface area contributed by atoms with E-state index in [-0.39, 0.29) is 0 Å². The average Bonchev–Trinajstić information content (AvgIpc) is 2.01. The zero-order valence-corrected chi connectivity index (χ0v) is 7.74. The van der Waals surface area contributed by atoms with Gasteiger partial charge in [-0.15, -0.1) is 0 Å². The molecule has 2 heterocycles. The summed E-state index contributed by atoms with van der Waals surface area (Å²) in [6.07, 6.45) is 2.74. The Hall–Kier alpha value is 0.270. The van der Waals surface area contributed by atoms with Crippen LogP contribution < -0.4 is 5.32 Å². The maximum Gasteiger partial charge on any atom is 0.0414 e. The maximum absolute atomic E-state index is 4.26. The van der Waals surface area contributed by atoms with Gasteiger partial charge in [-0.2, -0.15) is 12.6 Å². The second-order valence-electron chi connectivity index (χ2n) is 3.88. The molecule has 0 aromatic heterocycles. The summed E-state index contributed by atoms with van der Waals surface area (Å²) in [5.74, 6) is 0.940. The van der Waals surface area contributed by atoms with E-state index in [1.807, 2.05) is 0 Å². The fourth-order valence-electron chi connectivity index (χ4n) is 2.28. The Kier molecular flexibility index (Phi) is 2.12. The highest BCUT2D eigenvalue weighted by atomic mass is 32.1. The molecule has 0 aliphatic carbocycles. The molecule has 1 spiro atoms. The Morgan fingerprint density at radius 2 is 1.91 bits per heavy atom. The van der Waals surface area contributed by atoms with Crippen LogP contribution >= 0.6 is 12.6 Å². The van der Waals surface area contributed by atoms with Crippen molar-refractivity contribution in [1.82, 2.24) is 10.2 Å². The normalized spacial score (nSPS) is 30.3. The molecule has 2 aliphatic heterocycles. The van der Waals surface area contributed by atoms with Crippen LogP contribution in [-0.2, 0) is 0 Å². The summed E-state index contributed by atoms with van der Waals surface area (Å²) >= 11 is 4.26. The molecule has 0 unspecified atom stereocenters. The molecule has 2 saturated heterocycles. The number of thiol groups is 1. The number of nitrogens with zero attached hydrogens (tertiary/aromatic N) is 1. The van der Waals surface area contributed by atoms with E-state index in [1.54, 1.807) is 0 Å². The van der Waals surface area contributed by atoms with Crippen molar-refractivity contribution in [1.29, 1.82) is 0 Å². The lowest BCUT2D eigenvalue weighted by atomic mass is 9.73. The van der Waals surface area contributed by atoms with Gasteiger partial charge in [-0.25, -0.2) is 0 Å². The molecule has 2 rings (SSSR count). The van der Waals surface area contributed by atoms with Crippen molar-refractivity contribution >= 4 is 12.6 Å². The molecule has 2 aliphatic rings. The molecular formula is C8H16N2S. The van der Waals surface area contributed by atoms with Crippen molar-refractivity contribution in [2.75, 3.05) is 32.1 Å². The highest BCUT2D eigenvalue weighted by Crippen LogP contribution is 2.38. The fourth-order valence-corrected chi connectivity index (χ4v) is 2.48. The molecule has 0 radical (unpaired) electrons. The van der Waals surface area contributed by atoms with E-state index in [0.717, 1.165) is 5.88 Å². The topological polar surface area (TPSA) is 15.3 Å². The minimum Gasteiger partial charge on any atom is -0.317 e. The largest absolute Gasteiger partial charge is 0.317 e. The monoisotopic (exact) mass is 172 g/mol. The summed E-state index contributed by atoms with van der Waals surface area (Å²) in [4.78, 5) is 2.41. The molecule has 1 N–H and O–H groups in total. The summed E-state index contributed by atoms with van der Waals surface area (Å²) in [7, 11) is 0. The summed E-state index contributed by atoms with van der Waals surface area (Å²) in [5.41, 5.74) is 0.688. The van der Waals surface area contributed by atoms with E-state index >= 15 is 0 Å². The first kappa shape index (κ1) is 7.90. The Morgan fingerprint density at radius 3 is 2.45 bits per heavy atom. The number of likely N-dealkylation sites (tertiary alicyclic amines) is 1. The second-order valence-corrected chi connectivity index (χ2v) is 4.16. The van der Waals surface area contributed by atoms with Gasteiger partial charge in [0, 0.05) is 19.0 Å². The van der Waals surface area contributed by atoms with E-state index in [2.05, 4.69) is 22.8 Å². The summed E-state index contributed by atoms with van der Waals surface area (Å²) in [6.45, 7) is 5.02. The van der Waals surface area contributed by atoms with Gasteiger partial charge >= 0.3 is 0 Å². The third-order valence-corrected chi connectivity index (χ3v) is 3.38. The first-order chi connectivity index (χ1) is 5.35. The number of nitrogens with one attached hydrogen (secondary N) is 1. The van der Waals surface area contributed by atoms with Crippen LogP contribution in [0.4, 0.5) is 0 Å². The van der Waals surface area contributed by atoms with E-state index in [0.29, 0.717) is 5.41 Å². The van der Waals surface area contributed by atoms with Gasteiger partial charge in [0.1, 0.15) is 0 Å². The van der Waals surface area contributed by atoms with Crippen molar-refractivity contribution in [2.45, 2.75) is 12.8 Å². The Bertz CT molecular complexity index is 135. The van der Waals surface area contributed by atoms with Gasteiger partial charge in [0.05, 0.1) is 0 Å². The van der Waals surface area contributed by atoms with Gasteiger partial charge in [0.25, 0.3) is 0 Å². The zero-order chi connectivity index (χ0) is 7.73. The molecule has 0 atom stereocenters. The molecule has 0 aromatic rings. The van der Waals surface area contributed by atoms with Crippen molar-refractivity contribution in [3.05, 3.63) is 0 Å². The number of rotatable bonds is 1. The molecule has 2 fully saturated rings. The SMILES string of the molecule is SCN1CC2(CCNCC2)C1. The van der Waals surface area contributed by atoms with Crippen molar-refractivity contribution in [3.8, 4) is 0 Å². The standard InChI is InChI=1S/C8H16N2S/c11-7-10-5-8(6-10)1-3-9-4-2-8/h9,11H,1-7H2. The quantitative estimate of drug-likeness (QED) is 0.562. The van der Waals surface area contributed by atoms with Gasteiger partial charge in [0.2, 0.25) is 0 Å². The van der Waals surface area contributed by atoms with E-state index in [9.17, 15) is 0 Å². The smallest absolute Gasteiger partial charge is 0.0414 e. The average molecular weight is 172 g/mol. The minimum absolute atomic E-state index is 0.688. The van der Waals surface area contributed by atoms with Crippen LogP contribution in [0.5, 0.6) is 0 Å². The molecule has 2 nitrogen and oxygen atoms in total. The molecule has 0 saturated carbocycles. The van der Waals surface area contributed by atoms with Crippen molar-refractivity contribution < 1.29 is 0 Å². The Balaban J connectivity index is 1.84. The van der Waals surface area contributed by atoms with Crippen LogP contribution in [-0.4, -0.2) is 37.0 Å². The van der Waals surface area contributed by atoms with Gasteiger partial charge in [0.15, 0.2) is 0 Å². The molecule has 0 aromatic carbocycles. The Labute approximate surface area is 73.7 Å². The molecular weight excluding hydrogens is 156 g/mol. The van der Waals surface area contributed by atoms with Crippen LogP contribution in [0.3, 0.4) is 0 Å². The van der Waals surface area contributed by atoms with Gasteiger partial charge < -0.3 is 5.32 Å². The minimum atomic E-state index is 0.688. The highest BCUT2D eigenvalue weighted by molar-refractivity contribution is 7.80.